The van der Waals surface area contributed by atoms with E-state index in [1.807, 2.05) is 24.5 Å². The zero-order valence-corrected chi connectivity index (χ0v) is 18.0. The highest BCUT2D eigenvalue weighted by molar-refractivity contribution is 7.97. The molecule has 0 aliphatic carbocycles. The van der Waals surface area contributed by atoms with Gasteiger partial charge in [-0.25, -0.2) is 18.7 Å². The van der Waals surface area contributed by atoms with Gasteiger partial charge in [0.1, 0.15) is 11.4 Å². The molecule has 0 fully saturated rings. The van der Waals surface area contributed by atoms with Gasteiger partial charge >= 0.3 is 0 Å². The molecule has 1 aliphatic rings. The van der Waals surface area contributed by atoms with Crippen LogP contribution in [-0.2, 0) is 5.75 Å². The molecule has 0 radical (unpaired) electrons. The summed E-state index contributed by atoms with van der Waals surface area (Å²) in [6.07, 6.45) is 5.65. The van der Waals surface area contributed by atoms with Crippen molar-refractivity contribution in [2.45, 2.75) is 25.0 Å². The predicted molar refractivity (Wildman–Crippen MR) is 119 cm³/mol. The van der Waals surface area contributed by atoms with Crippen LogP contribution >= 0.6 is 11.8 Å². The van der Waals surface area contributed by atoms with Gasteiger partial charge in [-0.3, -0.25) is 0 Å². The number of thioether (sulfide) groups is 1. The summed E-state index contributed by atoms with van der Waals surface area (Å²) in [5.74, 6) is 0.817. The number of halogens is 2. The molecule has 0 atom stereocenters. The third-order valence-corrected chi connectivity index (χ3v) is 5.42. The van der Waals surface area contributed by atoms with Gasteiger partial charge in [0.25, 0.3) is 0 Å². The van der Waals surface area contributed by atoms with E-state index in [0.29, 0.717) is 18.8 Å². The van der Waals surface area contributed by atoms with E-state index in [9.17, 15) is 8.78 Å². The Labute approximate surface area is 184 Å². The molecule has 0 saturated carbocycles. The van der Waals surface area contributed by atoms with E-state index in [0.717, 1.165) is 48.2 Å². The third kappa shape index (κ3) is 5.44. The summed E-state index contributed by atoms with van der Waals surface area (Å²) in [5.41, 5.74) is 2.35. The van der Waals surface area contributed by atoms with Crippen molar-refractivity contribution in [1.29, 1.82) is 0 Å². The topological polar surface area (TPSA) is 56.3 Å². The number of nitrogens with one attached hydrogen (secondary N) is 1. The van der Waals surface area contributed by atoms with Crippen molar-refractivity contribution >= 4 is 23.4 Å². The molecule has 0 unspecified atom stereocenters. The molecule has 0 amide bonds. The van der Waals surface area contributed by atoms with Crippen LogP contribution in [0.5, 0.6) is 11.5 Å². The molecule has 8 heteroatoms. The molecule has 2 aromatic carbocycles. The molecule has 4 rings (SSSR count). The smallest absolute Gasteiger partial charge is 0.227 e. The second kappa shape index (κ2) is 9.96. The minimum atomic E-state index is -0.596. The lowest BCUT2D eigenvalue weighted by Gasteiger charge is -2.12. The Morgan fingerprint density at radius 1 is 1.00 bits per heavy atom. The van der Waals surface area contributed by atoms with E-state index in [4.69, 9.17) is 9.47 Å². The van der Waals surface area contributed by atoms with E-state index in [1.54, 1.807) is 11.8 Å². The molecule has 0 saturated heterocycles. The lowest BCUT2D eigenvalue weighted by Crippen LogP contribution is -2.02. The second-order valence-corrected chi connectivity index (χ2v) is 8.08. The number of ether oxygens (including phenoxy) is 2. The quantitative estimate of drug-likeness (QED) is 0.527. The molecule has 2 heterocycles. The van der Waals surface area contributed by atoms with Crippen molar-refractivity contribution in [2.75, 3.05) is 24.8 Å². The average Bonchev–Trinajstić information content (AvgIpc) is 2.75. The summed E-state index contributed by atoms with van der Waals surface area (Å²) in [6, 6.07) is 10.1. The summed E-state index contributed by atoms with van der Waals surface area (Å²) in [5, 5.41) is 3.14. The Morgan fingerprint density at radius 3 is 2.68 bits per heavy atom. The Balaban J connectivity index is 1.74. The van der Waals surface area contributed by atoms with E-state index in [-0.39, 0.29) is 17.4 Å². The highest BCUT2D eigenvalue weighted by Gasteiger charge is 2.14. The fourth-order valence-electron chi connectivity index (χ4n) is 3.34. The molecular weight excluding hydrogens is 420 g/mol. The summed E-state index contributed by atoms with van der Waals surface area (Å²) in [4.78, 5) is 8.40. The van der Waals surface area contributed by atoms with Crippen LogP contribution in [-0.4, -0.2) is 29.4 Å². The molecule has 5 nitrogen and oxygen atoms in total. The molecule has 1 N–H and O–H groups in total. The lowest BCUT2D eigenvalue weighted by atomic mass is 10.1. The van der Waals surface area contributed by atoms with Crippen molar-refractivity contribution in [3.63, 3.8) is 0 Å². The molecular formula is C23H23F2N3O2S. The minimum Gasteiger partial charge on any atom is -0.494 e. The van der Waals surface area contributed by atoms with Gasteiger partial charge in [-0.15, -0.1) is 0 Å². The van der Waals surface area contributed by atoms with Crippen molar-refractivity contribution in [2.24, 2.45) is 0 Å². The number of hydrogen-bond donors (Lipinski definition) is 1. The second-order valence-electron chi connectivity index (χ2n) is 7.22. The van der Waals surface area contributed by atoms with Crippen LogP contribution in [0.1, 0.15) is 24.8 Å². The van der Waals surface area contributed by atoms with E-state index in [2.05, 4.69) is 15.3 Å². The van der Waals surface area contributed by atoms with Crippen molar-refractivity contribution < 1.29 is 18.3 Å². The fourth-order valence-corrected chi connectivity index (χ4v) is 3.84. The number of rotatable bonds is 2. The van der Waals surface area contributed by atoms with Crippen LogP contribution in [0.15, 0.2) is 42.6 Å². The van der Waals surface area contributed by atoms with E-state index in [1.165, 1.54) is 18.2 Å². The van der Waals surface area contributed by atoms with Gasteiger partial charge in [-0.05, 0) is 61.4 Å². The number of aromatic nitrogens is 2. The van der Waals surface area contributed by atoms with Gasteiger partial charge < -0.3 is 14.8 Å². The summed E-state index contributed by atoms with van der Waals surface area (Å²) < 4.78 is 40.2. The first-order chi connectivity index (χ1) is 15.1. The van der Waals surface area contributed by atoms with Crippen molar-refractivity contribution in [3.8, 4) is 22.8 Å². The molecule has 31 heavy (non-hydrogen) atoms. The summed E-state index contributed by atoms with van der Waals surface area (Å²) in [6.45, 7) is 0.940. The van der Waals surface area contributed by atoms with Crippen LogP contribution in [0.25, 0.3) is 11.3 Å². The number of nitrogens with zero attached hydrogens (tertiary/aromatic N) is 2. The maximum atomic E-state index is 14.5. The van der Waals surface area contributed by atoms with Crippen LogP contribution in [0.2, 0.25) is 0 Å². The highest BCUT2D eigenvalue weighted by Crippen LogP contribution is 2.30. The molecule has 6 bridgehead atoms. The monoisotopic (exact) mass is 443 g/mol. The number of hydrogen-bond acceptors (Lipinski definition) is 6. The molecule has 162 valence electrons. The number of anilines is 2. The Kier molecular flexibility index (Phi) is 6.86. The van der Waals surface area contributed by atoms with Crippen molar-refractivity contribution in [1.82, 2.24) is 9.97 Å². The number of fused-ring (bicyclic) bond motifs is 7. The Hall–Kier alpha value is -2.87. The summed E-state index contributed by atoms with van der Waals surface area (Å²) >= 11 is 1.71. The molecule has 1 aromatic heterocycles. The van der Waals surface area contributed by atoms with E-state index < -0.39 is 11.6 Å². The van der Waals surface area contributed by atoms with Gasteiger partial charge in [0, 0.05) is 23.1 Å². The first-order valence-corrected chi connectivity index (χ1v) is 11.5. The van der Waals surface area contributed by atoms with Gasteiger partial charge in [-0.1, -0.05) is 0 Å². The summed E-state index contributed by atoms with van der Waals surface area (Å²) in [7, 11) is 0. The number of benzene rings is 2. The normalized spacial score (nSPS) is 14.0. The zero-order chi connectivity index (χ0) is 21.6. The van der Waals surface area contributed by atoms with Crippen LogP contribution in [0, 0.1) is 11.6 Å². The van der Waals surface area contributed by atoms with Crippen LogP contribution < -0.4 is 14.8 Å². The first kappa shape index (κ1) is 21.4. The third-order valence-electron chi connectivity index (χ3n) is 4.80. The highest BCUT2D eigenvalue weighted by atomic mass is 32.2. The molecule has 1 aliphatic heterocycles. The largest absolute Gasteiger partial charge is 0.494 e. The Bertz CT molecular complexity index is 1060. The molecule has 0 spiro atoms. The Morgan fingerprint density at radius 2 is 1.84 bits per heavy atom. The SMILES string of the molecule is CSCc1cc2cc(c1)OCCCCCOc1cc(ccc1F)-c1nc(ncc1F)N2. The van der Waals surface area contributed by atoms with Crippen LogP contribution in [0.3, 0.4) is 0 Å². The lowest BCUT2D eigenvalue weighted by molar-refractivity contribution is 0.272. The van der Waals surface area contributed by atoms with Gasteiger partial charge in [-0.2, -0.15) is 11.8 Å². The van der Waals surface area contributed by atoms with Gasteiger partial charge in [0.2, 0.25) is 5.95 Å². The van der Waals surface area contributed by atoms with Crippen LogP contribution in [0.4, 0.5) is 20.4 Å². The average molecular weight is 444 g/mol. The first-order valence-electron chi connectivity index (χ1n) is 10.1. The maximum absolute atomic E-state index is 14.5. The molecule has 3 aromatic rings. The van der Waals surface area contributed by atoms with E-state index >= 15 is 0 Å². The minimum absolute atomic E-state index is 0.0726. The predicted octanol–water partition coefficient (Wildman–Crippen LogP) is 5.97. The fraction of sp³-hybridized carbons (Fsp3) is 0.304. The maximum Gasteiger partial charge on any atom is 0.227 e. The standard InChI is InChI=1S/C23H23F2N3O2S/c1-31-14-15-9-17-12-18(10-15)29-7-3-2-4-8-30-21-11-16(5-6-19(21)24)22-20(25)13-26-23(27-17)28-22/h5-6,9-13H,2-4,7-8,14H2,1H3,(H,26,27,28). The van der Waals surface area contributed by atoms with Gasteiger partial charge in [0.15, 0.2) is 17.4 Å². The zero-order valence-electron chi connectivity index (χ0n) is 17.2. The van der Waals surface area contributed by atoms with Crippen molar-refractivity contribution in [3.05, 3.63) is 59.8 Å². The van der Waals surface area contributed by atoms with Gasteiger partial charge in [0.05, 0.1) is 19.4 Å².